The Bertz CT molecular complexity index is 149. The first-order chi connectivity index (χ1) is 5.24. The third-order valence-corrected chi connectivity index (χ3v) is 4.27. The summed E-state index contributed by atoms with van der Waals surface area (Å²) in [5.41, 5.74) is 0. The molecule has 1 N–H and O–H groups in total. The molecule has 0 aromatic rings. The van der Waals surface area contributed by atoms with Crippen molar-refractivity contribution in [3.05, 3.63) is 0 Å². The van der Waals surface area contributed by atoms with Crippen molar-refractivity contribution in [3.63, 3.8) is 0 Å². The van der Waals surface area contributed by atoms with Crippen LogP contribution < -0.4 is 0 Å². The van der Waals surface area contributed by atoms with Crippen LogP contribution in [0.15, 0.2) is 0 Å². The first-order valence-electron chi connectivity index (χ1n) is 4.85. The molecule has 2 saturated carbocycles. The van der Waals surface area contributed by atoms with Gasteiger partial charge in [0.25, 0.3) is 0 Å². The van der Waals surface area contributed by atoms with E-state index in [1.165, 1.54) is 12.8 Å². The van der Waals surface area contributed by atoms with Gasteiger partial charge in [-0.1, -0.05) is 13.8 Å². The van der Waals surface area contributed by atoms with Crippen LogP contribution in [0.25, 0.3) is 0 Å². The molecule has 1 heteroatoms. The molecule has 0 radical (unpaired) electrons. The van der Waals surface area contributed by atoms with E-state index in [9.17, 15) is 0 Å². The van der Waals surface area contributed by atoms with E-state index in [1.54, 1.807) is 0 Å². The van der Waals surface area contributed by atoms with Crippen molar-refractivity contribution in [1.82, 2.24) is 0 Å². The molecule has 5 atom stereocenters. The highest BCUT2D eigenvalue weighted by Crippen LogP contribution is 2.54. The molecule has 2 fully saturated rings. The van der Waals surface area contributed by atoms with E-state index >= 15 is 0 Å². The Balaban J connectivity index is 2.10. The zero-order chi connectivity index (χ0) is 8.01. The summed E-state index contributed by atoms with van der Waals surface area (Å²) in [5.74, 6) is 4.21. The Morgan fingerprint density at radius 3 is 2.36 bits per heavy atom. The van der Waals surface area contributed by atoms with E-state index in [2.05, 4.69) is 13.8 Å². The minimum atomic E-state index is 0.429. The lowest BCUT2D eigenvalue weighted by atomic mass is 9.76. The summed E-state index contributed by atoms with van der Waals surface area (Å²) >= 11 is 0. The molecular formula is C10H18O. The molecular weight excluding hydrogens is 136 g/mol. The van der Waals surface area contributed by atoms with Crippen LogP contribution in [-0.4, -0.2) is 11.7 Å². The molecule has 0 heterocycles. The normalized spacial score (nSPS) is 55.4. The largest absolute Gasteiger partial charge is 0.396 e. The van der Waals surface area contributed by atoms with Gasteiger partial charge in [-0.2, -0.15) is 0 Å². The minimum absolute atomic E-state index is 0.429. The summed E-state index contributed by atoms with van der Waals surface area (Å²) in [6.45, 7) is 5.16. The van der Waals surface area contributed by atoms with Gasteiger partial charge >= 0.3 is 0 Å². The summed E-state index contributed by atoms with van der Waals surface area (Å²) < 4.78 is 0. The minimum Gasteiger partial charge on any atom is -0.396 e. The summed E-state index contributed by atoms with van der Waals surface area (Å²) in [6, 6.07) is 0. The van der Waals surface area contributed by atoms with Crippen molar-refractivity contribution < 1.29 is 5.11 Å². The van der Waals surface area contributed by atoms with Crippen LogP contribution in [0, 0.1) is 29.6 Å². The molecule has 1 nitrogen and oxygen atoms in total. The lowest BCUT2D eigenvalue weighted by Crippen LogP contribution is -2.26. The van der Waals surface area contributed by atoms with E-state index < -0.39 is 0 Å². The van der Waals surface area contributed by atoms with E-state index in [-0.39, 0.29) is 0 Å². The van der Waals surface area contributed by atoms with Crippen LogP contribution in [0.4, 0.5) is 0 Å². The molecule has 2 rings (SSSR count). The number of hydrogen-bond acceptors (Lipinski definition) is 1. The van der Waals surface area contributed by atoms with Gasteiger partial charge in [-0.3, -0.25) is 0 Å². The summed E-state index contributed by atoms with van der Waals surface area (Å²) in [7, 11) is 0. The monoisotopic (exact) mass is 154 g/mol. The van der Waals surface area contributed by atoms with Crippen LogP contribution in [0.5, 0.6) is 0 Å². The fourth-order valence-electron chi connectivity index (χ4n) is 3.30. The predicted octanol–water partition coefficient (Wildman–Crippen LogP) is 1.91. The fourth-order valence-corrected chi connectivity index (χ4v) is 3.30. The molecule has 2 aliphatic carbocycles. The van der Waals surface area contributed by atoms with Crippen LogP contribution in [0.1, 0.15) is 26.7 Å². The Morgan fingerprint density at radius 1 is 1.18 bits per heavy atom. The Hall–Kier alpha value is -0.0400. The van der Waals surface area contributed by atoms with Crippen LogP contribution in [0.2, 0.25) is 0 Å². The van der Waals surface area contributed by atoms with Gasteiger partial charge < -0.3 is 5.11 Å². The maximum Gasteiger partial charge on any atom is 0.0462 e. The molecule has 11 heavy (non-hydrogen) atoms. The van der Waals surface area contributed by atoms with Crippen molar-refractivity contribution in [1.29, 1.82) is 0 Å². The molecule has 0 aromatic carbocycles. The predicted molar refractivity (Wildman–Crippen MR) is 45.1 cm³/mol. The van der Waals surface area contributed by atoms with Gasteiger partial charge in [-0.15, -0.1) is 0 Å². The SMILES string of the molecule is CC1C(C)[C@H]2C[C@@H]1CC2CO. The molecule has 0 aromatic heterocycles. The highest BCUT2D eigenvalue weighted by Gasteiger charge is 2.47. The topological polar surface area (TPSA) is 20.2 Å². The summed E-state index contributed by atoms with van der Waals surface area (Å²) in [4.78, 5) is 0. The fraction of sp³-hybridized carbons (Fsp3) is 1.00. The van der Waals surface area contributed by atoms with Crippen molar-refractivity contribution in [2.45, 2.75) is 26.7 Å². The van der Waals surface area contributed by atoms with Crippen LogP contribution in [0.3, 0.4) is 0 Å². The highest BCUT2D eigenvalue weighted by atomic mass is 16.3. The number of aliphatic hydroxyl groups excluding tert-OH is 1. The molecule has 0 saturated heterocycles. The Morgan fingerprint density at radius 2 is 1.91 bits per heavy atom. The van der Waals surface area contributed by atoms with Gasteiger partial charge in [0.2, 0.25) is 0 Å². The number of aliphatic hydroxyl groups is 1. The number of rotatable bonds is 1. The van der Waals surface area contributed by atoms with E-state index in [1.807, 2.05) is 0 Å². The van der Waals surface area contributed by atoms with E-state index in [0.717, 1.165) is 23.7 Å². The molecule has 0 amide bonds. The molecule has 0 spiro atoms. The molecule has 2 bridgehead atoms. The van der Waals surface area contributed by atoms with Crippen molar-refractivity contribution in [3.8, 4) is 0 Å². The lowest BCUT2D eigenvalue weighted by Gasteiger charge is -2.30. The number of hydrogen-bond donors (Lipinski definition) is 1. The zero-order valence-corrected chi connectivity index (χ0v) is 7.46. The average molecular weight is 154 g/mol. The van der Waals surface area contributed by atoms with Crippen LogP contribution in [-0.2, 0) is 0 Å². The lowest BCUT2D eigenvalue weighted by molar-refractivity contribution is 0.121. The van der Waals surface area contributed by atoms with Gasteiger partial charge in [0.1, 0.15) is 0 Å². The highest BCUT2D eigenvalue weighted by molar-refractivity contribution is 4.97. The molecule has 0 aliphatic heterocycles. The Labute approximate surface area is 68.8 Å². The maximum atomic E-state index is 9.09. The van der Waals surface area contributed by atoms with Crippen LogP contribution >= 0.6 is 0 Å². The Kier molecular flexibility index (Phi) is 1.71. The maximum absolute atomic E-state index is 9.09. The van der Waals surface area contributed by atoms with Crippen molar-refractivity contribution >= 4 is 0 Å². The average Bonchev–Trinajstić information content (AvgIpc) is 2.53. The standard InChI is InChI=1S/C10H18O/c1-6-7(2)10-4-8(6)3-9(10)5-11/h6-11H,3-5H2,1-2H3/t6?,7?,8-,9?,10+/m0/s1. The van der Waals surface area contributed by atoms with Crippen molar-refractivity contribution in [2.75, 3.05) is 6.61 Å². The second-order valence-corrected chi connectivity index (χ2v) is 4.56. The van der Waals surface area contributed by atoms with E-state index in [0.29, 0.717) is 12.5 Å². The van der Waals surface area contributed by atoms with Gasteiger partial charge in [0.15, 0.2) is 0 Å². The number of fused-ring (bicyclic) bond motifs is 2. The van der Waals surface area contributed by atoms with E-state index in [4.69, 9.17) is 5.11 Å². The van der Waals surface area contributed by atoms with Gasteiger partial charge in [-0.05, 0) is 42.4 Å². The third-order valence-electron chi connectivity index (χ3n) is 4.27. The molecule has 2 aliphatic rings. The molecule has 3 unspecified atom stereocenters. The van der Waals surface area contributed by atoms with Gasteiger partial charge in [0.05, 0.1) is 0 Å². The first-order valence-corrected chi connectivity index (χ1v) is 4.85. The quantitative estimate of drug-likeness (QED) is 0.611. The van der Waals surface area contributed by atoms with Gasteiger partial charge in [0, 0.05) is 6.61 Å². The first kappa shape index (κ1) is 7.60. The van der Waals surface area contributed by atoms with Gasteiger partial charge in [-0.25, -0.2) is 0 Å². The van der Waals surface area contributed by atoms with Crippen molar-refractivity contribution in [2.24, 2.45) is 29.6 Å². The third kappa shape index (κ3) is 0.936. The molecule has 64 valence electrons. The second-order valence-electron chi connectivity index (χ2n) is 4.56. The zero-order valence-electron chi connectivity index (χ0n) is 7.46. The summed E-state index contributed by atoms with van der Waals surface area (Å²) in [6.07, 6.45) is 2.69. The second kappa shape index (κ2) is 2.48. The smallest absolute Gasteiger partial charge is 0.0462 e. The summed E-state index contributed by atoms with van der Waals surface area (Å²) in [5, 5.41) is 9.09.